The number of likely N-dealkylation sites (tertiary alicyclic amines) is 1. The van der Waals surface area contributed by atoms with Crippen molar-refractivity contribution in [2.45, 2.75) is 26.2 Å². The van der Waals surface area contributed by atoms with E-state index in [2.05, 4.69) is 21.9 Å². The Bertz CT molecular complexity index is 413. The lowest BCUT2D eigenvalue weighted by Gasteiger charge is -2.32. The fourth-order valence-electron chi connectivity index (χ4n) is 3.38. The summed E-state index contributed by atoms with van der Waals surface area (Å²) in [5.41, 5.74) is 0. The quantitative estimate of drug-likeness (QED) is 0.698. The maximum atomic E-state index is 12.4. The van der Waals surface area contributed by atoms with Crippen molar-refractivity contribution >= 4 is 10.2 Å². The van der Waals surface area contributed by atoms with Gasteiger partial charge in [0.15, 0.2) is 0 Å². The van der Waals surface area contributed by atoms with Gasteiger partial charge in [0.1, 0.15) is 0 Å². The Balaban J connectivity index is 1.81. The van der Waals surface area contributed by atoms with Gasteiger partial charge in [-0.2, -0.15) is 12.7 Å². The van der Waals surface area contributed by atoms with Crippen molar-refractivity contribution in [1.29, 1.82) is 0 Å². The standard InChI is InChI=1S/C14H30N4O2S/c1-3-17-8-6-14(11-17)10-16-21(19,20)18-7-4-5-13(12-18)9-15-2/h13-16H,3-12H2,1-2H3. The maximum Gasteiger partial charge on any atom is 0.279 e. The highest BCUT2D eigenvalue weighted by Gasteiger charge is 2.30. The van der Waals surface area contributed by atoms with Crippen LogP contribution in [0, 0.1) is 11.8 Å². The average molecular weight is 318 g/mol. The number of hydrogen-bond donors (Lipinski definition) is 2. The molecule has 0 spiro atoms. The van der Waals surface area contributed by atoms with Crippen LogP contribution in [0.25, 0.3) is 0 Å². The molecule has 0 bridgehead atoms. The number of rotatable bonds is 7. The van der Waals surface area contributed by atoms with Crippen molar-refractivity contribution in [3.8, 4) is 0 Å². The number of piperidine rings is 1. The molecule has 2 rings (SSSR count). The molecule has 6 nitrogen and oxygen atoms in total. The first-order chi connectivity index (χ1) is 10.0. The molecule has 0 aromatic rings. The van der Waals surface area contributed by atoms with Crippen molar-refractivity contribution in [3.63, 3.8) is 0 Å². The third kappa shape index (κ3) is 4.89. The van der Waals surface area contributed by atoms with Gasteiger partial charge in [-0.3, -0.25) is 0 Å². The molecule has 2 aliphatic rings. The normalized spacial score (nSPS) is 29.0. The van der Waals surface area contributed by atoms with E-state index in [1.54, 1.807) is 4.31 Å². The monoisotopic (exact) mass is 318 g/mol. The Morgan fingerprint density at radius 1 is 1.10 bits per heavy atom. The zero-order valence-corrected chi connectivity index (χ0v) is 14.2. The summed E-state index contributed by atoms with van der Waals surface area (Å²) in [5.74, 6) is 0.889. The van der Waals surface area contributed by atoms with Crippen molar-refractivity contribution in [3.05, 3.63) is 0 Å². The van der Waals surface area contributed by atoms with Crippen LogP contribution < -0.4 is 10.0 Å². The summed E-state index contributed by atoms with van der Waals surface area (Å²) < 4.78 is 29.3. The topological polar surface area (TPSA) is 64.7 Å². The van der Waals surface area contributed by atoms with E-state index in [0.717, 1.165) is 45.4 Å². The van der Waals surface area contributed by atoms with Crippen molar-refractivity contribution in [2.24, 2.45) is 11.8 Å². The summed E-state index contributed by atoms with van der Waals surface area (Å²) in [6.45, 7) is 8.08. The van der Waals surface area contributed by atoms with Gasteiger partial charge in [0.25, 0.3) is 10.2 Å². The number of hydrogen-bond acceptors (Lipinski definition) is 4. The van der Waals surface area contributed by atoms with E-state index in [4.69, 9.17) is 0 Å². The average Bonchev–Trinajstić information content (AvgIpc) is 2.94. The molecule has 2 atom stereocenters. The molecular weight excluding hydrogens is 288 g/mol. The van der Waals surface area contributed by atoms with Crippen molar-refractivity contribution in [1.82, 2.24) is 19.2 Å². The minimum atomic E-state index is -3.31. The first-order valence-corrected chi connectivity index (χ1v) is 9.60. The van der Waals surface area contributed by atoms with Crippen molar-refractivity contribution in [2.75, 3.05) is 52.9 Å². The van der Waals surface area contributed by atoms with Crippen LogP contribution in [-0.2, 0) is 10.2 Å². The molecule has 0 saturated carbocycles. The lowest BCUT2D eigenvalue weighted by atomic mass is 10.00. The lowest BCUT2D eigenvalue weighted by molar-refractivity contribution is 0.260. The molecule has 2 saturated heterocycles. The molecule has 2 unspecified atom stereocenters. The van der Waals surface area contributed by atoms with E-state index in [9.17, 15) is 8.42 Å². The van der Waals surface area contributed by atoms with Gasteiger partial charge in [0.05, 0.1) is 0 Å². The second-order valence-corrected chi connectivity index (χ2v) is 8.08. The Kier molecular flexibility index (Phi) is 6.43. The van der Waals surface area contributed by atoms with E-state index >= 15 is 0 Å². The van der Waals surface area contributed by atoms with Gasteiger partial charge in [0.2, 0.25) is 0 Å². The lowest BCUT2D eigenvalue weighted by Crippen LogP contribution is -2.48. The molecule has 0 aromatic carbocycles. The molecule has 2 heterocycles. The maximum absolute atomic E-state index is 12.4. The molecule has 0 radical (unpaired) electrons. The SMILES string of the molecule is CCN1CCC(CNS(=O)(=O)N2CCCC(CNC)C2)C1. The Morgan fingerprint density at radius 3 is 2.52 bits per heavy atom. The fraction of sp³-hybridized carbons (Fsp3) is 1.00. The van der Waals surface area contributed by atoms with Gasteiger partial charge < -0.3 is 10.2 Å². The number of nitrogens with one attached hydrogen (secondary N) is 2. The molecule has 7 heteroatoms. The van der Waals surface area contributed by atoms with Gasteiger partial charge in [-0.15, -0.1) is 0 Å². The molecule has 124 valence electrons. The molecule has 0 aromatic heterocycles. The number of nitrogens with zero attached hydrogens (tertiary/aromatic N) is 2. The molecular formula is C14H30N4O2S. The summed E-state index contributed by atoms with van der Waals surface area (Å²) in [7, 11) is -1.39. The summed E-state index contributed by atoms with van der Waals surface area (Å²) in [4.78, 5) is 2.38. The molecule has 0 aliphatic carbocycles. The zero-order valence-electron chi connectivity index (χ0n) is 13.3. The van der Waals surface area contributed by atoms with E-state index in [1.807, 2.05) is 7.05 Å². The fourth-order valence-corrected chi connectivity index (χ4v) is 4.79. The predicted molar refractivity (Wildman–Crippen MR) is 85.4 cm³/mol. The minimum absolute atomic E-state index is 0.433. The Labute approximate surface area is 129 Å². The Hall–Kier alpha value is -0.210. The van der Waals surface area contributed by atoms with Crippen LogP contribution in [0.15, 0.2) is 0 Å². The smallest absolute Gasteiger partial charge is 0.279 e. The second kappa shape index (κ2) is 7.87. The van der Waals surface area contributed by atoms with Gasteiger partial charge in [-0.25, -0.2) is 4.72 Å². The summed E-state index contributed by atoms with van der Waals surface area (Å²) in [5, 5.41) is 3.15. The first kappa shape index (κ1) is 17.1. The highest BCUT2D eigenvalue weighted by molar-refractivity contribution is 7.87. The molecule has 21 heavy (non-hydrogen) atoms. The van der Waals surface area contributed by atoms with Crippen molar-refractivity contribution < 1.29 is 8.42 Å². The predicted octanol–water partition coefficient (Wildman–Crippen LogP) is 0.0940. The highest BCUT2D eigenvalue weighted by atomic mass is 32.2. The van der Waals surface area contributed by atoms with Crippen LogP contribution >= 0.6 is 0 Å². The van der Waals surface area contributed by atoms with Crippen LogP contribution in [0.3, 0.4) is 0 Å². The van der Waals surface area contributed by atoms with Crippen LogP contribution in [0.1, 0.15) is 26.2 Å². The molecule has 2 aliphatic heterocycles. The highest BCUT2D eigenvalue weighted by Crippen LogP contribution is 2.19. The van der Waals surface area contributed by atoms with Gasteiger partial charge in [0, 0.05) is 26.2 Å². The summed E-state index contributed by atoms with van der Waals surface area (Å²) >= 11 is 0. The van der Waals surface area contributed by atoms with Crippen LogP contribution in [-0.4, -0.2) is 70.5 Å². The summed E-state index contributed by atoms with van der Waals surface area (Å²) in [6.07, 6.45) is 3.17. The second-order valence-electron chi connectivity index (χ2n) is 6.33. The van der Waals surface area contributed by atoms with Crippen LogP contribution in [0.4, 0.5) is 0 Å². The molecule has 2 N–H and O–H groups in total. The van der Waals surface area contributed by atoms with E-state index in [-0.39, 0.29) is 0 Å². The zero-order chi connectivity index (χ0) is 15.3. The Morgan fingerprint density at radius 2 is 1.86 bits per heavy atom. The third-order valence-electron chi connectivity index (χ3n) is 4.69. The molecule has 0 amide bonds. The van der Waals surface area contributed by atoms with Gasteiger partial charge >= 0.3 is 0 Å². The van der Waals surface area contributed by atoms with Crippen LogP contribution in [0.5, 0.6) is 0 Å². The first-order valence-electron chi connectivity index (χ1n) is 8.16. The third-order valence-corrected chi connectivity index (χ3v) is 6.23. The van der Waals surface area contributed by atoms with Crippen LogP contribution in [0.2, 0.25) is 0 Å². The van der Waals surface area contributed by atoms with E-state index in [0.29, 0.717) is 31.5 Å². The van der Waals surface area contributed by atoms with Gasteiger partial charge in [-0.05, 0) is 57.8 Å². The molecule has 2 fully saturated rings. The van der Waals surface area contributed by atoms with Gasteiger partial charge in [-0.1, -0.05) is 6.92 Å². The van der Waals surface area contributed by atoms with E-state index < -0.39 is 10.2 Å². The largest absolute Gasteiger partial charge is 0.319 e. The summed E-state index contributed by atoms with van der Waals surface area (Å²) in [6, 6.07) is 0. The van der Waals surface area contributed by atoms with E-state index in [1.165, 1.54) is 0 Å². The minimum Gasteiger partial charge on any atom is -0.319 e.